The van der Waals surface area contributed by atoms with Gasteiger partial charge in [-0.3, -0.25) is 14.3 Å². The average molecular weight is 454 g/mol. The van der Waals surface area contributed by atoms with E-state index >= 15 is 0 Å². The number of amides is 2. The van der Waals surface area contributed by atoms with Crippen LogP contribution in [0.25, 0.3) is 0 Å². The molecular formula is C26H39N5O2. The fourth-order valence-corrected chi connectivity index (χ4v) is 4.84. The Hall–Kier alpha value is -2.67. The highest BCUT2D eigenvalue weighted by atomic mass is 16.2. The number of rotatable bonds is 9. The largest absolute Gasteiger partial charge is 0.343 e. The maximum Gasteiger partial charge on any atom is 0.236 e. The van der Waals surface area contributed by atoms with Crippen LogP contribution in [-0.2, 0) is 22.6 Å². The Labute approximate surface area is 198 Å². The first-order chi connectivity index (χ1) is 15.7. The zero-order valence-electron chi connectivity index (χ0n) is 20.8. The standard InChI is InChI=1S/C26H39N5O2/c1-20-17-21(2)31(27-20)16-13-25(32)30-14-11-23(12-15-30)24(18-22-9-7-6-8-10-22)29(5)26(33)19-28(3)4/h6-10,17,23-24H,11-16,18-19H2,1-5H3/t24-/m1/s1. The highest BCUT2D eigenvalue weighted by Crippen LogP contribution is 2.27. The molecule has 7 nitrogen and oxygen atoms in total. The minimum atomic E-state index is 0.131. The number of benzene rings is 1. The topological polar surface area (TPSA) is 61.7 Å². The Morgan fingerprint density at radius 3 is 2.33 bits per heavy atom. The summed E-state index contributed by atoms with van der Waals surface area (Å²) >= 11 is 0. The molecule has 2 amide bonds. The lowest BCUT2D eigenvalue weighted by atomic mass is 9.85. The number of likely N-dealkylation sites (N-methyl/N-ethyl adjacent to an activating group) is 2. The number of hydrogen-bond acceptors (Lipinski definition) is 4. The first kappa shape index (κ1) is 25.0. The fraction of sp³-hybridized carbons (Fsp3) is 0.577. The van der Waals surface area contributed by atoms with E-state index < -0.39 is 0 Å². The molecule has 1 aliphatic rings. The van der Waals surface area contributed by atoms with Gasteiger partial charge in [-0.25, -0.2) is 0 Å². The van der Waals surface area contributed by atoms with Gasteiger partial charge in [-0.15, -0.1) is 0 Å². The smallest absolute Gasteiger partial charge is 0.236 e. The van der Waals surface area contributed by atoms with Crippen LogP contribution in [-0.4, -0.2) is 83.1 Å². The van der Waals surface area contributed by atoms with Crippen molar-refractivity contribution in [1.29, 1.82) is 0 Å². The van der Waals surface area contributed by atoms with E-state index in [1.165, 1.54) is 5.56 Å². The summed E-state index contributed by atoms with van der Waals surface area (Å²) < 4.78 is 1.92. The lowest BCUT2D eigenvalue weighted by Crippen LogP contribution is -2.50. The summed E-state index contributed by atoms with van der Waals surface area (Å²) in [4.78, 5) is 31.5. The van der Waals surface area contributed by atoms with Crippen LogP contribution >= 0.6 is 0 Å². The van der Waals surface area contributed by atoms with Gasteiger partial charge in [0.05, 0.1) is 12.2 Å². The van der Waals surface area contributed by atoms with Crippen molar-refractivity contribution >= 4 is 11.8 Å². The Morgan fingerprint density at radius 1 is 1.09 bits per heavy atom. The molecule has 1 aromatic heterocycles. The van der Waals surface area contributed by atoms with E-state index in [1.54, 1.807) is 0 Å². The fourth-order valence-electron chi connectivity index (χ4n) is 4.84. The number of aryl methyl sites for hydroxylation is 3. The van der Waals surface area contributed by atoms with Crippen molar-refractivity contribution in [2.45, 2.75) is 52.1 Å². The zero-order chi connectivity index (χ0) is 24.0. The van der Waals surface area contributed by atoms with Gasteiger partial charge in [-0.05, 0) is 64.8 Å². The van der Waals surface area contributed by atoms with Gasteiger partial charge >= 0.3 is 0 Å². The Kier molecular flexibility index (Phi) is 8.67. The molecule has 0 radical (unpaired) electrons. The molecule has 1 saturated heterocycles. The number of carbonyl (C=O) groups is 2. The van der Waals surface area contributed by atoms with Crippen molar-refractivity contribution in [2.24, 2.45) is 5.92 Å². The van der Waals surface area contributed by atoms with Gasteiger partial charge in [-0.1, -0.05) is 30.3 Å². The number of carbonyl (C=O) groups excluding carboxylic acids is 2. The van der Waals surface area contributed by atoms with Crippen LogP contribution in [0.2, 0.25) is 0 Å². The van der Waals surface area contributed by atoms with Crippen molar-refractivity contribution in [3.63, 3.8) is 0 Å². The molecule has 1 atom stereocenters. The number of aromatic nitrogens is 2. The Balaban J connectivity index is 1.60. The summed E-state index contributed by atoms with van der Waals surface area (Å²) in [5.74, 6) is 0.711. The number of piperidine rings is 1. The summed E-state index contributed by atoms with van der Waals surface area (Å²) in [6, 6.07) is 12.6. The summed E-state index contributed by atoms with van der Waals surface area (Å²) in [7, 11) is 5.79. The lowest BCUT2D eigenvalue weighted by molar-refractivity contribution is -0.137. The minimum absolute atomic E-state index is 0.131. The van der Waals surface area contributed by atoms with Crippen LogP contribution in [0.15, 0.2) is 36.4 Å². The van der Waals surface area contributed by atoms with E-state index in [2.05, 4.69) is 29.4 Å². The van der Waals surface area contributed by atoms with Crippen LogP contribution < -0.4 is 0 Å². The molecule has 0 unspecified atom stereocenters. The molecule has 0 spiro atoms. The maximum absolute atomic E-state index is 12.9. The van der Waals surface area contributed by atoms with Crippen LogP contribution in [0, 0.1) is 19.8 Å². The van der Waals surface area contributed by atoms with Gasteiger partial charge in [-0.2, -0.15) is 5.10 Å². The van der Waals surface area contributed by atoms with E-state index in [-0.39, 0.29) is 17.9 Å². The molecule has 1 aromatic carbocycles. The molecule has 2 heterocycles. The monoisotopic (exact) mass is 453 g/mol. The normalized spacial score (nSPS) is 15.6. The predicted octanol–water partition coefficient (Wildman–Crippen LogP) is 2.76. The molecule has 2 aromatic rings. The van der Waals surface area contributed by atoms with Crippen LogP contribution in [0.5, 0.6) is 0 Å². The zero-order valence-corrected chi connectivity index (χ0v) is 20.8. The second-order valence-corrected chi connectivity index (χ2v) is 9.62. The third-order valence-corrected chi connectivity index (χ3v) is 6.71. The quantitative estimate of drug-likeness (QED) is 0.586. The summed E-state index contributed by atoms with van der Waals surface area (Å²) in [5, 5.41) is 4.46. The molecule has 180 valence electrons. The van der Waals surface area contributed by atoms with Crippen LogP contribution in [0.4, 0.5) is 0 Å². The number of nitrogens with zero attached hydrogens (tertiary/aromatic N) is 5. The minimum Gasteiger partial charge on any atom is -0.343 e. The first-order valence-corrected chi connectivity index (χ1v) is 12.0. The molecule has 33 heavy (non-hydrogen) atoms. The second kappa shape index (κ2) is 11.5. The number of hydrogen-bond donors (Lipinski definition) is 0. The highest BCUT2D eigenvalue weighted by molar-refractivity contribution is 5.78. The van der Waals surface area contributed by atoms with E-state index in [0.717, 1.165) is 43.7 Å². The van der Waals surface area contributed by atoms with Crippen molar-refractivity contribution in [3.8, 4) is 0 Å². The second-order valence-electron chi connectivity index (χ2n) is 9.62. The predicted molar refractivity (Wildman–Crippen MR) is 131 cm³/mol. The SMILES string of the molecule is Cc1cc(C)n(CCC(=O)N2CCC([C@@H](Cc3ccccc3)N(C)C(=O)CN(C)C)CC2)n1. The van der Waals surface area contributed by atoms with Crippen LogP contribution in [0.3, 0.4) is 0 Å². The molecule has 7 heteroatoms. The molecule has 3 rings (SSSR count). The van der Waals surface area contributed by atoms with Gasteiger partial charge in [0, 0.05) is 44.8 Å². The lowest BCUT2D eigenvalue weighted by Gasteiger charge is -2.40. The molecule has 0 aliphatic carbocycles. The Bertz CT molecular complexity index is 916. The van der Waals surface area contributed by atoms with Gasteiger partial charge in [0.1, 0.15) is 0 Å². The third kappa shape index (κ3) is 6.90. The van der Waals surface area contributed by atoms with Crippen LogP contribution in [0.1, 0.15) is 36.2 Å². The average Bonchev–Trinajstić information content (AvgIpc) is 3.12. The summed E-state index contributed by atoms with van der Waals surface area (Å²) in [5.41, 5.74) is 3.32. The van der Waals surface area contributed by atoms with Crippen molar-refractivity contribution in [3.05, 3.63) is 53.3 Å². The summed E-state index contributed by atoms with van der Waals surface area (Å²) in [6.07, 6.45) is 3.15. The molecule has 0 bridgehead atoms. The highest BCUT2D eigenvalue weighted by Gasteiger charge is 2.32. The van der Waals surface area contributed by atoms with Crippen molar-refractivity contribution < 1.29 is 9.59 Å². The van der Waals surface area contributed by atoms with E-state index in [1.807, 2.05) is 66.5 Å². The third-order valence-electron chi connectivity index (χ3n) is 6.71. The Morgan fingerprint density at radius 2 is 1.76 bits per heavy atom. The maximum atomic E-state index is 12.9. The van der Waals surface area contributed by atoms with Gasteiger partial charge in [0.2, 0.25) is 11.8 Å². The van der Waals surface area contributed by atoms with E-state index in [4.69, 9.17) is 0 Å². The van der Waals surface area contributed by atoms with E-state index in [0.29, 0.717) is 25.4 Å². The number of likely N-dealkylation sites (tertiary alicyclic amines) is 1. The molecule has 0 N–H and O–H groups in total. The summed E-state index contributed by atoms with van der Waals surface area (Å²) in [6.45, 7) is 6.53. The van der Waals surface area contributed by atoms with Gasteiger partial charge in [0.25, 0.3) is 0 Å². The molecular weight excluding hydrogens is 414 g/mol. The van der Waals surface area contributed by atoms with Crippen molar-refractivity contribution in [1.82, 2.24) is 24.5 Å². The van der Waals surface area contributed by atoms with Crippen molar-refractivity contribution in [2.75, 3.05) is 40.8 Å². The van der Waals surface area contributed by atoms with E-state index in [9.17, 15) is 9.59 Å². The van der Waals surface area contributed by atoms with Gasteiger partial charge < -0.3 is 14.7 Å². The van der Waals surface area contributed by atoms with Gasteiger partial charge in [0.15, 0.2) is 0 Å². The first-order valence-electron chi connectivity index (χ1n) is 12.0. The molecule has 0 saturated carbocycles. The molecule has 1 fully saturated rings. The molecule has 1 aliphatic heterocycles.